The van der Waals surface area contributed by atoms with Gasteiger partial charge in [-0.2, -0.15) is 0 Å². The summed E-state index contributed by atoms with van der Waals surface area (Å²) in [6, 6.07) is 7.90. The monoisotopic (exact) mass is 279 g/mol. The number of ketones is 1. The third-order valence-electron chi connectivity index (χ3n) is 4.08. The van der Waals surface area contributed by atoms with E-state index in [1.54, 1.807) is 6.07 Å². The highest BCUT2D eigenvalue weighted by molar-refractivity contribution is 6.33. The van der Waals surface area contributed by atoms with Crippen LogP contribution in [0.1, 0.15) is 43.5 Å². The van der Waals surface area contributed by atoms with E-state index in [0.717, 1.165) is 19.0 Å². The van der Waals surface area contributed by atoms with Crippen molar-refractivity contribution in [3.8, 4) is 0 Å². The molecular formula is C16H22ClNO. The largest absolute Gasteiger partial charge is 0.300 e. The zero-order chi connectivity index (χ0) is 13.8. The number of carbonyl (C=O) groups excluding carboxylic acids is 1. The summed E-state index contributed by atoms with van der Waals surface area (Å²) in [6.45, 7) is 6.52. The van der Waals surface area contributed by atoms with Gasteiger partial charge in [0.15, 0.2) is 5.78 Å². The van der Waals surface area contributed by atoms with Crippen LogP contribution in [-0.2, 0) is 0 Å². The third kappa shape index (κ3) is 3.80. The van der Waals surface area contributed by atoms with Crippen LogP contribution in [0.15, 0.2) is 24.3 Å². The zero-order valence-corrected chi connectivity index (χ0v) is 12.5. The van der Waals surface area contributed by atoms with E-state index in [4.69, 9.17) is 11.6 Å². The summed E-state index contributed by atoms with van der Waals surface area (Å²) in [4.78, 5) is 14.6. The molecule has 1 aromatic carbocycles. The van der Waals surface area contributed by atoms with Crippen LogP contribution in [0.3, 0.4) is 0 Å². The predicted molar refractivity (Wildman–Crippen MR) is 79.8 cm³/mol. The van der Waals surface area contributed by atoms with E-state index in [2.05, 4.69) is 18.7 Å². The molecule has 1 heterocycles. The Labute approximate surface area is 120 Å². The molecule has 2 atom stereocenters. The maximum absolute atomic E-state index is 12.2. The molecule has 2 unspecified atom stereocenters. The van der Waals surface area contributed by atoms with Gasteiger partial charge in [-0.05, 0) is 44.4 Å². The molecule has 0 saturated carbocycles. The fraction of sp³-hybridized carbons (Fsp3) is 0.562. The van der Waals surface area contributed by atoms with Gasteiger partial charge in [0.2, 0.25) is 0 Å². The quantitative estimate of drug-likeness (QED) is 0.776. The Bertz CT molecular complexity index is 446. The van der Waals surface area contributed by atoms with E-state index in [0.29, 0.717) is 23.0 Å². The number of likely N-dealkylation sites (tertiary alicyclic amines) is 1. The molecule has 1 saturated heterocycles. The number of Topliss-reactive ketones (excluding diaryl/α,β-unsaturated/α-hetero) is 1. The van der Waals surface area contributed by atoms with Crippen molar-refractivity contribution in [3.05, 3.63) is 34.9 Å². The molecule has 19 heavy (non-hydrogen) atoms. The predicted octanol–water partition coefficient (Wildman–Crippen LogP) is 4.03. The first-order valence-corrected chi connectivity index (χ1v) is 7.47. The molecule has 0 spiro atoms. The second kappa shape index (κ2) is 6.53. The van der Waals surface area contributed by atoms with Crippen molar-refractivity contribution in [3.63, 3.8) is 0 Å². The fourth-order valence-electron chi connectivity index (χ4n) is 2.86. The van der Waals surface area contributed by atoms with Crippen molar-refractivity contribution in [2.45, 2.75) is 39.2 Å². The molecule has 0 aliphatic carbocycles. The van der Waals surface area contributed by atoms with E-state index in [1.165, 1.54) is 12.8 Å². The van der Waals surface area contributed by atoms with Crippen molar-refractivity contribution in [2.24, 2.45) is 5.92 Å². The average molecular weight is 280 g/mol. The molecule has 0 amide bonds. The number of hydrogen-bond donors (Lipinski definition) is 0. The second-order valence-electron chi connectivity index (χ2n) is 5.67. The summed E-state index contributed by atoms with van der Waals surface area (Å²) in [7, 11) is 0. The molecule has 0 radical (unpaired) electrons. The maximum Gasteiger partial charge on any atom is 0.165 e. The number of hydrogen-bond acceptors (Lipinski definition) is 2. The number of nitrogens with zero attached hydrogens (tertiary/aromatic N) is 1. The van der Waals surface area contributed by atoms with Crippen molar-refractivity contribution < 1.29 is 4.79 Å². The van der Waals surface area contributed by atoms with Gasteiger partial charge in [0.05, 0.1) is 5.02 Å². The molecule has 1 aliphatic heterocycles. The Morgan fingerprint density at radius 3 is 2.79 bits per heavy atom. The van der Waals surface area contributed by atoms with Gasteiger partial charge in [0.25, 0.3) is 0 Å². The summed E-state index contributed by atoms with van der Waals surface area (Å²) >= 11 is 6.05. The van der Waals surface area contributed by atoms with Crippen molar-refractivity contribution in [2.75, 3.05) is 13.1 Å². The number of rotatable bonds is 4. The highest BCUT2D eigenvalue weighted by Crippen LogP contribution is 2.23. The highest BCUT2D eigenvalue weighted by Gasteiger charge is 2.23. The summed E-state index contributed by atoms with van der Waals surface area (Å²) in [5.41, 5.74) is 0.655. The van der Waals surface area contributed by atoms with Crippen LogP contribution in [0.5, 0.6) is 0 Å². The molecule has 1 fully saturated rings. The van der Waals surface area contributed by atoms with Crippen LogP contribution >= 0.6 is 11.6 Å². The highest BCUT2D eigenvalue weighted by atomic mass is 35.5. The minimum absolute atomic E-state index is 0.149. The lowest BCUT2D eigenvalue weighted by molar-refractivity contribution is 0.0910. The first kappa shape index (κ1) is 14.5. The summed E-state index contributed by atoms with van der Waals surface area (Å²) in [5, 5.41) is 0.563. The van der Waals surface area contributed by atoms with Crippen molar-refractivity contribution in [1.29, 1.82) is 0 Å². The Hall–Kier alpha value is -0.860. The lowest BCUT2D eigenvalue weighted by Gasteiger charge is -2.36. The SMILES string of the molecule is CC1CCN(CCC(=O)c2ccccc2Cl)C(C)C1. The van der Waals surface area contributed by atoms with Gasteiger partial charge < -0.3 is 4.90 Å². The molecule has 2 nitrogen and oxygen atoms in total. The first-order valence-electron chi connectivity index (χ1n) is 7.09. The Morgan fingerprint density at radius 1 is 1.37 bits per heavy atom. The standard InChI is InChI=1S/C16H22ClNO/c1-12-7-9-18(13(2)11-12)10-8-16(19)14-5-3-4-6-15(14)17/h3-6,12-13H,7-11H2,1-2H3. The van der Waals surface area contributed by atoms with Gasteiger partial charge in [0, 0.05) is 24.6 Å². The molecule has 0 bridgehead atoms. The molecule has 2 rings (SSSR count). The van der Waals surface area contributed by atoms with E-state index in [1.807, 2.05) is 18.2 Å². The topological polar surface area (TPSA) is 20.3 Å². The molecule has 0 N–H and O–H groups in total. The Kier molecular flexibility index (Phi) is 5.00. The van der Waals surface area contributed by atoms with Gasteiger partial charge in [-0.3, -0.25) is 4.79 Å². The van der Waals surface area contributed by atoms with Crippen LogP contribution in [0.25, 0.3) is 0 Å². The first-order chi connectivity index (χ1) is 9.08. The second-order valence-corrected chi connectivity index (χ2v) is 6.07. The minimum atomic E-state index is 0.149. The van der Waals surface area contributed by atoms with Gasteiger partial charge in [0.1, 0.15) is 0 Å². The fourth-order valence-corrected chi connectivity index (χ4v) is 3.10. The molecule has 1 aliphatic rings. The van der Waals surface area contributed by atoms with Crippen molar-refractivity contribution in [1.82, 2.24) is 4.90 Å². The van der Waals surface area contributed by atoms with E-state index >= 15 is 0 Å². The number of halogens is 1. The maximum atomic E-state index is 12.2. The van der Waals surface area contributed by atoms with Crippen LogP contribution in [0.2, 0.25) is 5.02 Å². The summed E-state index contributed by atoms with van der Waals surface area (Å²) in [6.07, 6.45) is 3.04. The van der Waals surface area contributed by atoms with E-state index in [9.17, 15) is 4.79 Å². The van der Waals surface area contributed by atoms with Crippen LogP contribution < -0.4 is 0 Å². The van der Waals surface area contributed by atoms with E-state index in [-0.39, 0.29) is 5.78 Å². The number of benzene rings is 1. The Morgan fingerprint density at radius 2 is 2.11 bits per heavy atom. The number of carbonyl (C=O) groups is 1. The van der Waals surface area contributed by atoms with Gasteiger partial charge in [-0.25, -0.2) is 0 Å². The van der Waals surface area contributed by atoms with E-state index < -0.39 is 0 Å². The van der Waals surface area contributed by atoms with Crippen molar-refractivity contribution >= 4 is 17.4 Å². The normalized spacial score (nSPS) is 24.4. The van der Waals surface area contributed by atoms with Crippen LogP contribution in [-0.4, -0.2) is 29.8 Å². The van der Waals surface area contributed by atoms with Crippen LogP contribution in [0, 0.1) is 5.92 Å². The zero-order valence-electron chi connectivity index (χ0n) is 11.7. The van der Waals surface area contributed by atoms with Gasteiger partial charge in [-0.1, -0.05) is 30.7 Å². The molecular weight excluding hydrogens is 258 g/mol. The van der Waals surface area contributed by atoms with Gasteiger partial charge >= 0.3 is 0 Å². The number of piperidine rings is 1. The summed E-state index contributed by atoms with van der Waals surface area (Å²) in [5.74, 6) is 0.960. The summed E-state index contributed by atoms with van der Waals surface area (Å²) < 4.78 is 0. The smallest absolute Gasteiger partial charge is 0.165 e. The molecule has 104 valence electrons. The Balaban J connectivity index is 1.89. The molecule has 1 aromatic rings. The van der Waals surface area contributed by atoms with Crippen LogP contribution in [0.4, 0.5) is 0 Å². The lowest BCUT2D eigenvalue weighted by atomic mass is 9.93. The van der Waals surface area contributed by atoms with Gasteiger partial charge in [-0.15, -0.1) is 0 Å². The molecule has 0 aromatic heterocycles. The lowest BCUT2D eigenvalue weighted by Crippen LogP contribution is -2.41. The molecule has 3 heteroatoms. The average Bonchev–Trinajstić information content (AvgIpc) is 2.38. The minimum Gasteiger partial charge on any atom is -0.300 e. The third-order valence-corrected chi connectivity index (χ3v) is 4.41.